The summed E-state index contributed by atoms with van der Waals surface area (Å²) < 4.78 is 7.05. The zero-order valence-electron chi connectivity index (χ0n) is 15.8. The Labute approximate surface area is 173 Å². The molecule has 1 atom stereocenters. The lowest BCUT2D eigenvalue weighted by atomic mass is 10.1. The molecule has 0 saturated heterocycles. The molecule has 28 heavy (non-hydrogen) atoms. The van der Waals surface area contributed by atoms with E-state index >= 15 is 0 Å². The van der Waals surface area contributed by atoms with E-state index in [2.05, 4.69) is 15.5 Å². The Bertz CT molecular complexity index is 942. The Kier molecular flexibility index (Phi) is 6.59. The van der Waals surface area contributed by atoms with Gasteiger partial charge in [0.2, 0.25) is 5.91 Å². The summed E-state index contributed by atoms with van der Waals surface area (Å²) in [7, 11) is 3.51. The van der Waals surface area contributed by atoms with Crippen molar-refractivity contribution in [1.29, 1.82) is 0 Å². The third-order valence-corrected chi connectivity index (χ3v) is 5.54. The molecule has 0 bridgehead atoms. The minimum absolute atomic E-state index is 0.0681. The second-order valence-electron chi connectivity index (χ2n) is 6.22. The highest BCUT2D eigenvalue weighted by molar-refractivity contribution is 7.99. The highest BCUT2D eigenvalue weighted by atomic mass is 35.5. The van der Waals surface area contributed by atoms with Gasteiger partial charge < -0.3 is 14.6 Å². The minimum atomic E-state index is -0.0975. The van der Waals surface area contributed by atoms with E-state index in [1.165, 1.54) is 11.8 Å². The van der Waals surface area contributed by atoms with Gasteiger partial charge in [-0.2, -0.15) is 0 Å². The minimum Gasteiger partial charge on any atom is -0.497 e. The maximum atomic E-state index is 12.3. The largest absolute Gasteiger partial charge is 0.497 e. The van der Waals surface area contributed by atoms with Crippen LogP contribution in [-0.2, 0) is 11.8 Å². The van der Waals surface area contributed by atoms with Gasteiger partial charge in [-0.1, -0.05) is 35.5 Å². The first-order valence-corrected chi connectivity index (χ1v) is 10.1. The standard InChI is InChI=1S/C20H21ClN4O2S/c1-13(14-4-8-16(21)9-5-14)22-18(26)12-28-20-24-23-19(25(20)2)15-6-10-17(27-3)11-7-15/h4-11,13H,12H2,1-3H3,(H,22,26). The first kappa shape index (κ1) is 20.2. The summed E-state index contributed by atoms with van der Waals surface area (Å²) in [6.45, 7) is 1.94. The Morgan fingerprint density at radius 1 is 1.18 bits per heavy atom. The van der Waals surface area contributed by atoms with Crippen LogP contribution in [0.15, 0.2) is 53.7 Å². The number of carbonyl (C=O) groups excluding carboxylic acids is 1. The van der Waals surface area contributed by atoms with E-state index in [0.29, 0.717) is 10.2 Å². The Morgan fingerprint density at radius 3 is 2.50 bits per heavy atom. The third kappa shape index (κ3) is 4.85. The fourth-order valence-corrected chi connectivity index (χ4v) is 3.53. The average Bonchev–Trinajstić information content (AvgIpc) is 3.07. The molecule has 3 aromatic rings. The van der Waals surface area contributed by atoms with Crippen molar-refractivity contribution in [2.24, 2.45) is 7.05 Å². The van der Waals surface area contributed by atoms with Crippen LogP contribution in [0.2, 0.25) is 5.02 Å². The van der Waals surface area contributed by atoms with Gasteiger partial charge in [0.25, 0.3) is 0 Å². The normalized spacial score (nSPS) is 11.9. The van der Waals surface area contributed by atoms with Crippen molar-refractivity contribution in [3.05, 3.63) is 59.1 Å². The van der Waals surface area contributed by atoms with Crippen molar-refractivity contribution in [3.63, 3.8) is 0 Å². The van der Waals surface area contributed by atoms with Gasteiger partial charge in [-0.25, -0.2) is 0 Å². The first-order valence-electron chi connectivity index (χ1n) is 8.69. The van der Waals surface area contributed by atoms with Crippen LogP contribution in [0, 0.1) is 0 Å². The summed E-state index contributed by atoms with van der Waals surface area (Å²) in [6.07, 6.45) is 0. The van der Waals surface area contributed by atoms with Crippen molar-refractivity contribution < 1.29 is 9.53 Å². The predicted molar refractivity (Wildman–Crippen MR) is 112 cm³/mol. The molecule has 146 valence electrons. The fourth-order valence-electron chi connectivity index (χ4n) is 2.68. The second kappa shape index (κ2) is 9.12. The van der Waals surface area contributed by atoms with E-state index in [9.17, 15) is 4.79 Å². The highest BCUT2D eigenvalue weighted by Crippen LogP contribution is 2.24. The molecule has 0 spiro atoms. The number of nitrogens with zero attached hydrogens (tertiary/aromatic N) is 3. The summed E-state index contributed by atoms with van der Waals surface area (Å²) in [5.41, 5.74) is 1.94. The average molecular weight is 417 g/mol. The molecule has 0 fully saturated rings. The van der Waals surface area contributed by atoms with Crippen LogP contribution in [-0.4, -0.2) is 33.5 Å². The maximum absolute atomic E-state index is 12.3. The lowest BCUT2D eigenvalue weighted by Crippen LogP contribution is -2.28. The van der Waals surface area contributed by atoms with Crippen LogP contribution in [0.25, 0.3) is 11.4 Å². The monoisotopic (exact) mass is 416 g/mol. The fraction of sp³-hybridized carbons (Fsp3) is 0.250. The van der Waals surface area contributed by atoms with Crippen molar-refractivity contribution in [3.8, 4) is 17.1 Å². The summed E-state index contributed by atoms with van der Waals surface area (Å²) in [5, 5.41) is 12.8. The number of carbonyl (C=O) groups is 1. The Balaban J connectivity index is 1.59. The van der Waals surface area contributed by atoms with Crippen LogP contribution < -0.4 is 10.1 Å². The quantitative estimate of drug-likeness (QED) is 0.587. The van der Waals surface area contributed by atoms with Gasteiger partial charge in [-0.15, -0.1) is 10.2 Å². The molecule has 0 aliphatic carbocycles. The van der Waals surface area contributed by atoms with Crippen LogP contribution in [0.5, 0.6) is 5.75 Å². The number of aromatic nitrogens is 3. The van der Waals surface area contributed by atoms with Crippen molar-refractivity contribution in [2.45, 2.75) is 18.1 Å². The lowest BCUT2D eigenvalue weighted by Gasteiger charge is -2.14. The van der Waals surface area contributed by atoms with Gasteiger partial charge in [-0.05, 0) is 48.9 Å². The Hall–Kier alpha value is -2.51. The van der Waals surface area contributed by atoms with Crippen molar-refractivity contribution in [1.82, 2.24) is 20.1 Å². The SMILES string of the molecule is COc1ccc(-c2nnc(SCC(=O)NC(C)c3ccc(Cl)cc3)n2C)cc1. The van der Waals surface area contributed by atoms with Crippen LogP contribution in [0.1, 0.15) is 18.5 Å². The van der Waals surface area contributed by atoms with Crippen molar-refractivity contribution in [2.75, 3.05) is 12.9 Å². The van der Waals surface area contributed by atoms with E-state index in [1.54, 1.807) is 7.11 Å². The zero-order chi connectivity index (χ0) is 20.1. The van der Waals surface area contributed by atoms with Gasteiger partial charge in [-0.3, -0.25) is 4.79 Å². The molecule has 6 nitrogen and oxygen atoms in total. The lowest BCUT2D eigenvalue weighted by molar-refractivity contribution is -0.119. The number of halogens is 1. The predicted octanol–water partition coefficient (Wildman–Crippen LogP) is 4.11. The van der Waals surface area contributed by atoms with Gasteiger partial charge >= 0.3 is 0 Å². The van der Waals surface area contributed by atoms with E-state index in [-0.39, 0.29) is 17.7 Å². The molecule has 0 radical (unpaired) electrons. The number of benzene rings is 2. The third-order valence-electron chi connectivity index (χ3n) is 4.26. The van der Waals surface area contributed by atoms with E-state index < -0.39 is 0 Å². The molecule has 1 heterocycles. The number of amides is 1. The number of hydrogen-bond donors (Lipinski definition) is 1. The van der Waals surface area contributed by atoms with Gasteiger partial charge in [0, 0.05) is 17.6 Å². The maximum Gasteiger partial charge on any atom is 0.230 e. The highest BCUT2D eigenvalue weighted by Gasteiger charge is 2.14. The summed E-state index contributed by atoms with van der Waals surface area (Å²) in [4.78, 5) is 12.3. The van der Waals surface area contributed by atoms with Crippen molar-refractivity contribution >= 4 is 29.3 Å². The summed E-state index contributed by atoms with van der Waals surface area (Å²) >= 11 is 7.25. The molecular formula is C20H21ClN4O2S. The molecule has 3 rings (SSSR count). The van der Waals surface area contributed by atoms with E-state index in [1.807, 2.05) is 67.1 Å². The number of ether oxygens (including phenoxy) is 1. The molecular weight excluding hydrogens is 396 g/mol. The van der Waals surface area contributed by atoms with Gasteiger partial charge in [0.15, 0.2) is 11.0 Å². The molecule has 1 aromatic heterocycles. The molecule has 1 N–H and O–H groups in total. The topological polar surface area (TPSA) is 69.0 Å². The van der Waals surface area contributed by atoms with Crippen LogP contribution >= 0.6 is 23.4 Å². The van der Waals surface area contributed by atoms with Crippen LogP contribution in [0.3, 0.4) is 0 Å². The van der Waals surface area contributed by atoms with E-state index in [4.69, 9.17) is 16.3 Å². The Morgan fingerprint density at radius 2 is 1.86 bits per heavy atom. The molecule has 0 aliphatic rings. The van der Waals surface area contributed by atoms with Crippen LogP contribution in [0.4, 0.5) is 0 Å². The smallest absolute Gasteiger partial charge is 0.230 e. The molecule has 2 aromatic carbocycles. The zero-order valence-corrected chi connectivity index (χ0v) is 17.4. The summed E-state index contributed by atoms with van der Waals surface area (Å²) in [5.74, 6) is 1.71. The first-order chi connectivity index (χ1) is 13.5. The number of hydrogen-bond acceptors (Lipinski definition) is 5. The van der Waals surface area contributed by atoms with Gasteiger partial charge in [0.05, 0.1) is 18.9 Å². The van der Waals surface area contributed by atoms with Gasteiger partial charge in [0.1, 0.15) is 5.75 Å². The molecule has 0 saturated carbocycles. The molecule has 1 amide bonds. The number of nitrogens with one attached hydrogen (secondary N) is 1. The summed E-state index contributed by atoms with van der Waals surface area (Å²) in [6, 6.07) is 15.0. The molecule has 0 aliphatic heterocycles. The van der Waals surface area contributed by atoms with E-state index in [0.717, 1.165) is 22.7 Å². The second-order valence-corrected chi connectivity index (χ2v) is 7.60. The molecule has 1 unspecified atom stereocenters. The number of methoxy groups -OCH3 is 1. The molecule has 8 heteroatoms. The number of thioether (sulfide) groups is 1. The number of rotatable bonds is 7.